The molecule has 0 spiro atoms. The van der Waals surface area contributed by atoms with Crippen molar-refractivity contribution >= 4 is 0 Å². The van der Waals surface area contributed by atoms with Gasteiger partial charge in [0.05, 0.1) is 6.61 Å². The van der Waals surface area contributed by atoms with Crippen LogP contribution in [0.15, 0.2) is 24.3 Å². The molecule has 2 rings (SSSR count). The molecule has 0 radical (unpaired) electrons. The standard InChI is InChI=1S/C14H21NO2/c1-3-15-7-8-16-14(10-15)11-17-13-6-4-5-12(2)9-13/h4-6,9,14H,3,7-8,10-11H2,1-2H3. The van der Waals surface area contributed by atoms with Gasteiger partial charge in [-0.25, -0.2) is 0 Å². The monoisotopic (exact) mass is 235 g/mol. The summed E-state index contributed by atoms with van der Waals surface area (Å²) < 4.78 is 11.5. The molecule has 0 aromatic heterocycles. The smallest absolute Gasteiger partial charge is 0.119 e. The first-order chi connectivity index (χ1) is 8.28. The molecule has 1 aromatic carbocycles. The van der Waals surface area contributed by atoms with Crippen LogP contribution in [0, 0.1) is 6.92 Å². The predicted octanol–water partition coefficient (Wildman–Crippen LogP) is 2.09. The highest BCUT2D eigenvalue weighted by molar-refractivity contribution is 5.27. The number of benzene rings is 1. The van der Waals surface area contributed by atoms with E-state index in [1.54, 1.807) is 0 Å². The van der Waals surface area contributed by atoms with Gasteiger partial charge in [0.1, 0.15) is 18.5 Å². The topological polar surface area (TPSA) is 21.7 Å². The van der Waals surface area contributed by atoms with Crippen molar-refractivity contribution in [2.75, 3.05) is 32.8 Å². The number of hydrogen-bond acceptors (Lipinski definition) is 3. The quantitative estimate of drug-likeness (QED) is 0.797. The first-order valence-electron chi connectivity index (χ1n) is 6.31. The van der Waals surface area contributed by atoms with Crippen LogP contribution in [-0.4, -0.2) is 43.9 Å². The fourth-order valence-corrected chi connectivity index (χ4v) is 2.06. The van der Waals surface area contributed by atoms with E-state index in [0.717, 1.165) is 32.0 Å². The maximum atomic E-state index is 5.77. The summed E-state index contributed by atoms with van der Waals surface area (Å²) in [6.45, 7) is 8.81. The molecule has 1 aliphatic heterocycles. The second-order valence-electron chi connectivity index (χ2n) is 4.51. The highest BCUT2D eigenvalue weighted by Crippen LogP contribution is 2.14. The third kappa shape index (κ3) is 3.72. The Morgan fingerprint density at radius 2 is 2.35 bits per heavy atom. The summed E-state index contributed by atoms with van der Waals surface area (Å²) in [7, 11) is 0. The van der Waals surface area contributed by atoms with E-state index in [0.29, 0.717) is 6.61 Å². The van der Waals surface area contributed by atoms with Crippen LogP contribution in [0.1, 0.15) is 12.5 Å². The summed E-state index contributed by atoms with van der Waals surface area (Å²) in [5.41, 5.74) is 1.22. The van der Waals surface area contributed by atoms with Crippen molar-refractivity contribution in [3.8, 4) is 5.75 Å². The number of rotatable bonds is 4. The minimum atomic E-state index is 0.198. The molecule has 0 saturated carbocycles. The van der Waals surface area contributed by atoms with E-state index in [2.05, 4.69) is 30.9 Å². The lowest BCUT2D eigenvalue weighted by Gasteiger charge is -2.31. The molecule has 17 heavy (non-hydrogen) atoms. The molecule has 1 atom stereocenters. The van der Waals surface area contributed by atoms with Gasteiger partial charge < -0.3 is 9.47 Å². The Hall–Kier alpha value is -1.06. The zero-order chi connectivity index (χ0) is 12.1. The lowest BCUT2D eigenvalue weighted by Crippen LogP contribution is -2.44. The summed E-state index contributed by atoms with van der Waals surface area (Å²) in [6.07, 6.45) is 0.198. The van der Waals surface area contributed by atoms with Crippen LogP contribution in [0.2, 0.25) is 0 Å². The Labute approximate surface area is 103 Å². The van der Waals surface area contributed by atoms with Gasteiger partial charge in [0, 0.05) is 13.1 Å². The van der Waals surface area contributed by atoms with Crippen molar-refractivity contribution < 1.29 is 9.47 Å². The van der Waals surface area contributed by atoms with Gasteiger partial charge in [0.2, 0.25) is 0 Å². The Bertz CT molecular complexity index is 354. The van der Waals surface area contributed by atoms with Crippen LogP contribution in [0.5, 0.6) is 5.75 Å². The second-order valence-corrected chi connectivity index (χ2v) is 4.51. The minimum absolute atomic E-state index is 0.198. The number of aryl methyl sites for hydroxylation is 1. The van der Waals surface area contributed by atoms with Crippen molar-refractivity contribution in [1.29, 1.82) is 0 Å². The van der Waals surface area contributed by atoms with Crippen LogP contribution in [0.25, 0.3) is 0 Å². The van der Waals surface area contributed by atoms with Gasteiger partial charge in [-0.3, -0.25) is 4.90 Å². The third-order valence-electron chi connectivity index (χ3n) is 3.10. The van der Waals surface area contributed by atoms with Gasteiger partial charge in [-0.1, -0.05) is 19.1 Å². The van der Waals surface area contributed by atoms with Gasteiger partial charge >= 0.3 is 0 Å². The molecular weight excluding hydrogens is 214 g/mol. The number of morpholine rings is 1. The van der Waals surface area contributed by atoms with Crippen molar-refractivity contribution in [2.45, 2.75) is 20.0 Å². The van der Waals surface area contributed by atoms with Crippen LogP contribution in [0.3, 0.4) is 0 Å². The van der Waals surface area contributed by atoms with Crippen LogP contribution in [-0.2, 0) is 4.74 Å². The van der Waals surface area contributed by atoms with Gasteiger partial charge in [0.25, 0.3) is 0 Å². The van der Waals surface area contributed by atoms with Crippen molar-refractivity contribution in [3.05, 3.63) is 29.8 Å². The number of ether oxygens (including phenoxy) is 2. The van der Waals surface area contributed by atoms with Gasteiger partial charge in [-0.15, -0.1) is 0 Å². The first kappa shape index (κ1) is 12.4. The van der Waals surface area contributed by atoms with Gasteiger partial charge in [-0.05, 0) is 31.2 Å². The van der Waals surface area contributed by atoms with Gasteiger partial charge in [0.15, 0.2) is 0 Å². The van der Waals surface area contributed by atoms with E-state index >= 15 is 0 Å². The van der Waals surface area contributed by atoms with Crippen LogP contribution in [0.4, 0.5) is 0 Å². The Kier molecular flexibility index (Phi) is 4.40. The van der Waals surface area contributed by atoms with E-state index in [4.69, 9.17) is 9.47 Å². The van der Waals surface area contributed by atoms with E-state index in [9.17, 15) is 0 Å². The third-order valence-corrected chi connectivity index (χ3v) is 3.10. The summed E-state index contributed by atoms with van der Waals surface area (Å²) >= 11 is 0. The molecule has 3 nitrogen and oxygen atoms in total. The molecule has 94 valence electrons. The largest absolute Gasteiger partial charge is 0.491 e. The lowest BCUT2D eigenvalue weighted by atomic mass is 10.2. The Morgan fingerprint density at radius 1 is 1.47 bits per heavy atom. The molecule has 1 saturated heterocycles. The van der Waals surface area contributed by atoms with Crippen molar-refractivity contribution in [1.82, 2.24) is 4.90 Å². The summed E-state index contributed by atoms with van der Waals surface area (Å²) in [5.74, 6) is 0.933. The molecular formula is C14H21NO2. The average molecular weight is 235 g/mol. The second kappa shape index (κ2) is 6.03. The minimum Gasteiger partial charge on any atom is -0.491 e. The molecule has 0 aliphatic carbocycles. The Balaban J connectivity index is 1.81. The summed E-state index contributed by atoms with van der Waals surface area (Å²) in [6, 6.07) is 8.14. The molecule has 0 N–H and O–H groups in total. The average Bonchev–Trinajstić information content (AvgIpc) is 2.37. The van der Waals surface area contributed by atoms with Crippen molar-refractivity contribution in [2.24, 2.45) is 0 Å². The zero-order valence-electron chi connectivity index (χ0n) is 10.7. The molecule has 1 fully saturated rings. The maximum Gasteiger partial charge on any atom is 0.119 e. The predicted molar refractivity (Wildman–Crippen MR) is 68.5 cm³/mol. The van der Waals surface area contributed by atoms with E-state index in [1.165, 1.54) is 5.56 Å². The van der Waals surface area contributed by atoms with E-state index < -0.39 is 0 Å². The maximum absolute atomic E-state index is 5.77. The Morgan fingerprint density at radius 3 is 3.12 bits per heavy atom. The van der Waals surface area contributed by atoms with Crippen LogP contribution < -0.4 is 4.74 Å². The zero-order valence-corrected chi connectivity index (χ0v) is 10.7. The highest BCUT2D eigenvalue weighted by atomic mass is 16.5. The fourth-order valence-electron chi connectivity index (χ4n) is 2.06. The van der Waals surface area contributed by atoms with Crippen molar-refractivity contribution in [3.63, 3.8) is 0 Å². The number of hydrogen-bond donors (Lipinski definition) is 0. The first-order valence-corrected chi connectivity index (χ1v) is 6.31. The molecule has 3 heteroatoms. The molecule has 1 aromatic rings. The van der Waals surface area contributed by atoms with Gasteiger partial charge in [-0.2, -0.15) is 0 Å². The van der Waals surface area contributed by atoms with E-state index in [1.807, 2.05) is 12.1 Å². The molecule has 1 unspecified atom stereocenters. The number of nitrogens with zero attached hydrogens (tertiary/aromatic N) is 1. The lowest BCUT2D eigenvalue weighted by molar-refractivity contribution is -0.0464. The highest BCUT2D eigenvalue weighted by Gasteiger charge is 2.19. The summed E-state index contributed by atoms with van der Waals surface area (Å²) in [5, 5.41) is 0. The fraction of sp³-hybridized carbons (Fsp3) is 0.571. The number of likely N-dealkylation sites (N-methyl/N-ethyl adjacent to an activating group) is 1. The molecule has 0 amide bonds. The molecule has 0 bridgehead atoms. The SMILES string of the molecule is CCN1CCOC(COc2cccc(C)c2)C1. The summed E-state index contributed by atoms with van der Waals surface area (Å²) in [4.78, 5) is 2.40. The van der Waals surface area contributed by atoms with E-state index in [-0.39, 0.29) is 6.10 Å². The molecule has 1 heterocycles. The normalized spacial score (nSPS) is 21.4. The van der Waals surface area contributed by atoms with Crippen LogP contribution >= 0.6 is 0 Å². The molecule has 1 aliphatic rings.